The minimum Gasteiger partial charge on any atom is -0.376 e. The number of halogens is 1. The fourth-order valence-corrected chi connectivity index (χ4v) is 4.62. The molecule has 1 aliphatic carbocycles. The zero-order chi connectivity index (χ0) is 21.0. The molecule has 1 unspecified atom stereocenters. The van der Waals surface area contributed by atoms with Gasteiger partial charge in [-0.3, -0.25) is 14.4 Å². The maximum atomic E-state index is 12.9. The summed E-state index contributed by atoms with van der Waals surface area (Å²) in [6, 6.07) is 2.88. The number of hydrogen-bond donors (Lipinski definition) is 1. The molecule has 2 fully saturated rings. The third-order valence-electron chi connectivity index (χ3n) is 5.23. The van der Waals surface area contributed by atoms with Crippen LogP contribution in [0, 0.1) is 5.92 Å². The maximum absolute atomic E-state index is 12.9. The molecule has 1 atom stereocenters. The van der Waals surface area contributed by atoms with Crippen LogP contribution in [-0.2, 0) is 42.1 Å². The monoisotopic (exact) mass is 442 g/mol. The second-order valence-electron chi connectivity index (χ2n) is 7.29. The van der Waals surface area contributed by atoms with E-state index in [2.05, 4.69) is 0 Å². The second-order valence-corrected chi connectivity index (χ2v) is 8.65. The third kappa shape index (κ3) is 5.31. The molecule has 0 spiro atoms. The first kappa shape index (κ1) is 22.1. The molecule has 7 nitrogen and oxygen atoms in total. The molecule has 1 saturated carbocycles. The number of ether oxygens (including phenoxy) is 2. The molecule has 0 radical (unpaired) electrons. The van der Waals surface area contributed by atoms with Gasteiger partial charge in [0.2, 0.25) is 0 Å². The van der Waals surface area contributed by atoms with Crippen LogP contribution in [0.2, 0.25) is 5.02 Å². The highest BCUT2D eigenvalue weighted by Crippen LogP contribution is 2.31. The Labute approximate surface area is 175 Å². The molecular formula is C20H23ClO7S. The Morgan fingerprint density at radius 2 is 1.90 bits per heavy atom. The zero-order valence-electron chi connectivity index (χ0n) is 15.9. The third-order valence-corrected chi connectivity index (χ3v) is 6.26. The van der Waals surface area contributed by atoms with E-state index in [0.29, 0.717) is 30.8 Å². The molecular weight excluding hydrogens is 420 g/mol. The molecule has 0 N–H and O–H groups in total. The van der Waals surface area contributed by atoms with Crippen LogP contribution in [0.4, 0.5) is 0 Å². The lowest BCUT2D eigenvalue weighted by molar-refractivity contribution is -0.133. The Bertz CT molecular complexity index is 863. The normalized spacial score (nSPS) is 20.6. The van der Waals surface area contributed by atoms with Gasteiger partial charge in [-0.05, 0) is 30.9 Å². The molecule has 2 aliphatic rings. The molecule has 1 heterocycles. The van der Waals surface area contributed by atoms with Crippen molar-refractivity contribution < 1.29 is 32.3 Å². The Morgan fingerprint density at radius 3 is 2.52 bits per heavy atom. The van der Waals surface area contributed by atoms with Gasteiger partial charge >= 0.3 is 0 Å². The van der Waals surface area contributed by atoms with Crippen molar-refractivity contribution in [2.75, 3.05) is 13.2 Å². The molecule has 158 valence electrons. The molecule has 3 rings (SSSR count). The predicted octanol–water partition coefficient (Wildman–Crippen LogP) is 2.27. The van der Waals surface area contributed by atoms with E-state index in [0.717, 1.165) is 12.8 Å². The average Bonchev–Trinajstić information content (AvgIpc) is 3.17. The van der Waals surface area contributed by atoms with Crippen LogP contribution in [0.3, 0.4) is 0 Å². The van der Waals surface area contributed by atoms with E-state index in [4.69, 9.17) is 21.1 Å². The fourth-order valence-electron chi connectivity index (χ4n) is 3.72. The van der Waals surface area contributed by atoms with Crippen LogP contribution < -0.4 is 0 Å². The summed E-state index contributed by atoms with van der Waals surface area (Å²) in [5, 5.41) is 0.0304. The van der Waals surface area contributed by atoms with Gasteiger partial charge in [0.1, 0.15) is 16.6 Å². The van der Waals surface area contributed by atoms with Gasteiger partial charge in [-0.2, -0.15) is 0 Å². The van der Waals surface area contributed by atoms with Crippen molar-refractivity contribution in [1.82, 2.24) is 0 Å². The molecule has 1 aliphatic heterocycles. The van der Waals surface area contributed by atoms with Crippen molar-refractivity contribution >= 4 is 39.7 Å². The topological polar surface area (TPSA) is 104 Å². The zero-order valence-corrected chi connectivity index (χ0v) is 17.5. The Balaban J connectivity index is 1.86. The molecule has 29 heavy (non-hydrogen) atoms. The van der Waals surface area contributed by atoms with Crippen LogP contribution in [0.1, 0.15) is 53.6 Å². The smallest absolute Gasteiger partial charge is 0.182 e. The van der Waals surface area contributed by atoms with E-state index in [1.165, 1.54) is 12.1 Å². The summed E-state index contributed by atoms with van der Waals surface area (Å²) in [6.45, 7) is 1.02. The lowest BCUT2D eigenvalue weighted by atomic mass is 9.81. The highest BCUT2D eigenvalue weighted by atomic mass is 35.5. The van der Waals surface area contributed by atoms with E-state index in [1.54, 1.807) is 0 Å². The van der Waals surface area contributed by atoms with Crippen molar-refractivity contribution in [3.63, 3.8) is 0 Å². The van der Waals surface area contributed by atoms with E-state index in [-0.39, 0.29) is 41.9 Å². The maximum Gasteiger partial charge on any atom is 0.182 e. The van der Waals surface area contributed by atoms with E-state index >= 15 is 0 Å². The highest BCUT2D eigenvalue weighted by Gasteiger charge is 2.37. The number of benzene rings is 1. The summed E-state index contributed by atoms with van der Waals surface area (Å²) in [7, 11) is -2.71. The molecule has 0 bridgehead atoms. The number of rotatable bonds is 8. The van der Waals surface area contributed by atoms with Crippen LogP contribution >= 0.6 is 11.6 Å². The summed E-state index contributed by atoms with van der Waals surface area (Å²) in [5.74, 6) is -3.01. The van der Waals surface area contributed by atoms with Gasteiger partial charge in [0.25, 0.3) is 0 Å². The van der Waals surface area contributed by atoms with Crippen LogP contribution in [-0.4, -0.2) is 45.1 Å². The van der Waals surface area contributed by atoms with Crippen molar-refractivity contribution in [2.24, 2.45) is 5.92 Å². The summed E-state index contributed by atoms with van der Waals surface area (Å²) in [5.41, 5.74) is 0.850. The van der Waals surface area contributed by atoms with Crippen LogP contribution in [0.25, 0.3) is 0 Å². The molecule has 0 amide bonds. The van der Waals surface area contributed by atoms with Gasteiger partial charge in [-0.25, -0.2) is 8.42 Å². The Morgan fingerprint density at radius 1 is 1.17 bits per heavy atom. The number of hydrogen-bond acceptors (Lipinski definition) is 7. The molecule has 1 aromatic carbocycles. The first-order chi connectivity index (χ1) is 13.9. The number of carbonyl (C=O) groups excluding carboxylic acids is 3. The lowest BCUT2D eigenvalue weighted by Gasteiger charge is -2.20. The van der Waals surface area contributed by atoms with Gasteiger partial charge < -0.3 is 9.47 Å². The number of carbonyl (C=O) groups is 3. The van der Waals surface area contributed by atoms with Gasteiger partial charge in [0, 0.05) is 30.6 Å². The van der Waals surface area contributed by atoms with Crippen molar-refractivity contribution in [1.29, 1.82) is 0 Å². The Kier molecular flexibility index (Phi) is 7.56. The fraction of sp³-hybridized carbons (Fsp3) is 0.550. The molecule has 1 aromatic rings. The van der Waals surface area contributed by atoms with Crippen molar-refractivity contribution in [3.8, 4) is 0 Å². The quantitative estimate of drug-likeness (QED) is 0.374. The van der Waals surface area contributed by atoms with Gasteiger partial charge in [0.15, 0.2) is 17.3 Å². The standard InChI is InChI=1S/C20H23ClO7S/c21-19-14(20(24)18-16(22)4-1-5-17(18)23)7-6-12(11-29(25)26)15(19)10-27-9-13-3-2-8-28-13/h6-7,13,18,29H,1-5,8-11H2. The summed E-state index contributed by atoms with van der Waals surface area (Å²) >= 11 is 6.45. The van der Waals surface area contributed by atoms with Gasteiger partial charge in [-0.1, -0.05) is 17.7 Å². The van der Waals surface area contributed by atoms with Gasteiger partial charge in [0.05, 0.1) is 30.1 Å². The molecule has 0 aromatic heterocycles. The molecule has 9 heteroatoms. The first-order valence-electron chi connectivity index (χ1n) is 9.59. The summed E-state index contributed by atoms with van der Waals surface area (Å²) in [6.07, 6.45) is 2.65. The van der Waals surface area contributed by atoms with Crippen LogP contribution in [0.5, 0.6) is 0 Å². The van der Waals surface area contributed by atoms with Crippen molar-refractivity contribution in [2.45, 2.75) is 50.6 Å². The highest BCUT2D eigenvalue weighted by molar-refractivity contribution is 7.71. The Hall–Kier alpha value is -1.61. The van der Waals surface area contributed by atoms with Crippen molar-refractivity contribution in [3.05, 3.63) is 33.8 Å². The number of Topliss-reactive ketones (excluding diaryl/α,β-unsaturated/α-hetero) is 3. The SMILES string of the molecule is O=C1CCCC(=O)C1C(=O)c1ccc(C[SH](=O)=O)c(COCC2CCCO2)c1Cl. The largest absolute Gasteiger partial charge is 0.376 e. The predicted molar refractivity (Wildman–Crippen MR) is 106 cm³/mol. The summed E-state index contributed by atoms with van der Waals surface area (Å²) in [4.78, 5) is 37.2. The molecule has 1 saturated heterocycles. The number of thiol groups is 1. The van der Waals surface area contributed by atoms with E-state index in [1.807, 2.05) is 0 Å². The minimum atomic E-state index is -2.71. The number of ketones is 3. The average molecular weight is 443 g/mol. The summed E-state index contributed by atoms with van der Waals surface area (Å²) < 4.78 is 33.7. The van der Waals surface area contributed by atoms with Gasteiger partial charge in [-0.15, -0.1) is 0 Å². The lowest BCUT2D eigenvalue weighted by Crippen LogP contribution is -2.35. The second kappa shape index (κ2) is 9.93. The van der Waals surface area contributed by atoms with Crippen LogP contribution in [0.15, 0.2) is 12.1 Å². The minimum absolute atomic E-state index is 0.00484. The first-order valence-corrected chi connectivity index (χ1v) is 11.3. The van der Waals surface area contributed by atoms with E-state index < -0.39 is 34.0 Å². The van der Waals surface area contributed by atoms with E-state index in [9.17, 15) is 22.8 Å².